The van der Waals surface area contributed by atoms with E-state index in [0.29, 0.717) is 0 Å². The highest BCUT2D eigenvalue weighted by Gasteiger charge is 1.99. The topological polar surface area (TPSA) is 9.72 Å². The molecule has 0 heterocycles. The third kappa shape index (κ3) is 55.3. The second-order valence-electron chi connectivity index (χ2n) is 10.1. The van der Waals surface area contributed by atoms with E-state index in [2.05, 4.69) is 92.9 Å². The molecule has 9 heteroatoms. The van der Waals surface area contributed by atoms with Gasteiger partial charge in [0.05, 0.1) is 0 Å². The molecular weight excluding hydrogens is 556 g/mol. The van der Waals surface area contributed by atoms with E-state index in [1.807, 2.05) is 0 Å². The lowest BCUT2D eigenvalue weighted by molar-refractivity contribution is 0.438. The zero-order valence-corrected chi connectivity index (χ0v) is 29.6. The maximum Gasteiger partial charge on any atom is 0.00869 e. The Hall–Kier alpha value is 0.720. The molecular formula is C30H72F3N3S3. The standard InChI is InChI=1S/3C10H23NS.3FH/c3*1-3-5-7-9-11(12)10-8-6-4-2;;;/h3*12H,3-10H2,1-2H3;3*1H. The SMILES string of the molecule is CCCCCN(S)CCCCC.CCCCCN(S)CCCCC.CCCCCN(S)CCCCC.F.F.F. The van der Waals surface area contributed by atoms with E-state index in [4.69, 9.17) is 0 Å². The van der Waals surface area contributed by atoms with Crippen molar-refractivity contribution in [1.29, 1.82) is 0 Å². The lowest BCUT2D eigenvalue weighted by Crippen LogP contribution is -2.15. The Morgan fingerprint density at radius 3 is 0.513 bits per heavy atom. The Kier molecular flexibility index (Phi) is 65.1. The molecule has 0 bridgehead atoms. The van der Waals surface area contributed by atoms with Crippen LogP contribution in [0.5, 0.6) is 0 Å². The summed E-state index contributed by atoms with van der Waals surface area (Å²) in [5.41, 5.74) is 0. The van der Waals surface area contributed by atoms with Gasteiger partial charge < -0.3 is 0 Å². The van der Waals surface area contributed by atoms with E-state index in [9.17, 15) is 0 Å². The van der Waals surface area contributed by atoms with Crippen LogP contribution in [0.25, 0.3) is 0 Å². The second kappa shape index (κ2) is 48.5. The highest BCUT2D eigenvalue weighted by molar-refractivity contribution is 7.78. The predicted molar refractivity (Wildman–Crippen MR) is 186 cm³/mol. The van der Waals surface area contributed by atoms with Crippen LogP contribution in [0.1, 0.15) is 157 Å². The molecule has 0 aliphatic rings. The summed E-state index contributed by atoms with van der Waals surface area (Å²) in [6, 6.07) is 0. The molecule has 0 aliphatic heterocycles. The molecule has 0 saturated heterocycles. The van der Waals surface area contributed by atoms with Crippen molar-refractivity contribution in [2.24, 2.45) is 0 Å². The predicted octanol–water partition coefficient (Wildman–Crippen LogP) is 11.0. The minimum atomic E-state index is 0. The van der Waals surface area contributed by atoms with Gasteiger partial charge in [-0.3, -0.25) is 27.0 Å². The molecule has 0 radical (unpaired) electrons. The van der Waals surface area contributed by atoms with Gasteiger partial charge in [0, 0.05) is 39.3 Å². The van der Waals surface area contributed by atoms with Crippen molar-refractivity contribution in [3.8, 4) is 0 Å². The van der Waals surface area contributed by atoms with Gasteiger partial charge in [-0.2, -0.15) is 0 Å². The number of rotatable bonds is 24. The number of hydrogen-bond donors (Lipinski definition) is 3. The molecule has 0 atom stereocenters. The minimum Gasteiger partial charge on any atom is -0.269 e. The first-order valence-electron chi connectivity index (χ1n) is 15.7. The number of halogens is 3. The second-order valence-corrected chi connectivity index (χ2v) is 11.8. The fourth-order valence-corrected chi connectivity index (χ4v) is 4.45. The largest absolute Gasteiger partial charge is 0.269 e. The van der Waals surface area contributed by atoms with E-state index < -0.39 is 0 Å². The molecule has 0 N–H and O–H groups in total. The number of unbranched alkanes of at least 4 members (excludes halogenated alkanes) is 12. The monoisotopic (exact) mass is 627 g/mol. The Balaban J connectivity index is -0.000000101. The van der Waals surface area contributed by atoms with Crippen LogP contribution in [0.3, 0.4) is 0 Å². The molecule has 0 spiro atoms. The molecule has 0 unspecified atom stereocenters. The molecule has 0 aromatic carbocycles. The van der Waals surface area contributed by atoms with E-state index >= 15 is 0 Å². The molecule has 246 valence electrons. The molecule has 0 amide bonds. The van der Waals surface area contributed by atoms with E-state index in [1.54, 1.807) is 0 Å². The number of thiol groups is 3. The Morgan fingerprint density at radius 2 is 0.410 bits per heavy atom. The first-order valence-corrected chi connectivity index (χ1v) is 16.9. The molecule has 0 aliphatic carbocycles. The zero-order chi connectivity index (χ0) is 27.7. The summed E-state index contributed by atoms with van der Waals surface area (Å²) in [5.74, 6) is 0. The third-order valence-corrected chi connectivity index (χ3v) is 7.32. The summed E-state index contributed by atoms with van der Waals surface area (Å²) in [4.78, 5) is 0. The summed E-state index contributed by atoms with van der Waals surface area (Å²) in [5, 5.41) is 0. The van der Waals surface area contributed by atoms with Crippen molar-refractivity contribution in [2.75, 3.05) is 39.3 Å². The van der Waals surface area contributed by atoms with Crippen LogP contribution in [-0.2, 0) is 0 Å². The summed E-state index contributed by atoms with van der Waals surface area (Å²) in [6.45, 7) is 20.3. The van der Waals surface area contributed by atoms with Gasteiger partial charge in [0.15, 0.2) is 0 Å². The van der Waals surface area contributed by atoms with E-state index in [0.717, 1.165) is 39.3 Å². The van der Waals surface area contributed by atoms with Crippen LogP contribution in [0.2, 0.25) is 0 Å². The normalized spacial score (nSPS) is 10.2. The van der Waals surface area contributed by atoms with Crippen LogP contribution >= 0.6 is 38.4 Å². The fourth-order valence-electron chi connectivity index (χ4n) is 3.60. The van der Waals surface area contributed by atoms with Gasteiger partial charge in [-0.25, -0.2) is 0 Å². The minimum absolute atomic E-state index is 0. The molecule has 0 saturated carbocycles. The third-order valence-electron chi connectivity index (χ3n) is 6.12. The molecule has 0 aromatic rings. The number of nitrogens with zero attached hydrogens (tertiary/aromatic N) is 3. The maximum absolute atomic E-state index is 4.41. The van der Waals surface area contributed by atoms with Crippen LogP contribution in [0, 0.1) is 0 Å². The molecule has 0 fully saturated rings. The molecule has 0 rings (SSSR count). The quantitative estimate of drug-likeness (QED) is 0.0726. The van der Waals surface area contributed by atoms with Gasteiger partial charge in [0.2, 0.25) is 0 Å². The highest BCUT2D eigenvalue weighted by atomic mass is 32.1. The van der Waals surface area contributed by atoms with Crippen LogP contribution in [0.4, 0.5) is 14.1 Å². The van der Waals surface area contributed by atoms with Gasteiger partial charge in [-0.05, 0) is 38.5 Å². The number of hydrogen-bond acceptors (Lipinski definition) is 6. The average molecular weight is 628 g/mol. The van der Waals surface area contributed by atoms with Crippen LogP contribution in [0.15, 0.2) is 0 Å². The van der Waals surface area contributed by atoms with Crippen molar-refractivity contribution in [1.82, 2.24) is 12.9 Å². The molecule has 39 heavy (non-hydrogen) atoms. The van der Waals surface area contributed by atoms with E-state index in [1.165, 1.54) is 116 Å². The van der Waals surface area contributed by atoms with Gasteiger partial charge >= 0.3 is 0 Å². The van der Waals surface area contributed by atoms with E-state index in [-0.39, 0.29) is 14.1 Å². The van der Waals surface area contributed by atoms with Gasteiger partial charge in [0.25, 0.3) is 0 Å². The molecule has 3 nitrogen and oxygen atoms in total. The maximum atomic E-state index is 4.41. The summed E-state index contributed by atoms with van der Waals surface area (Å²) < 4.78 is 6.47. The summed E-state index contributed by atoms with van der Waals surface area (Å²) >= 11 is 13.2. The average Bonchev–Trinajstić information content (AvgIpc) is 2.86. The summed E-state index contributed by atoms with van der Waals surface area (Å²) in [6.07, 6.45) is 23.6. The van der Waals surface area contributed by atoms with Crippen molar-refractivity contribution in [2.45, 2.75) is 157 Å². The first kappa shape index (κ1) is 52.4. The zero-order valence-electron chi connectivity index (χ0n) is 26.9. The first-order chi connectivity index (χ1) is 17.4. The van der Waals surface area contributed by atoms with Gasteiger partial charge in [-0.15, -0.1) is 0 Å². The van der Waals surface area contributed by atoms with Gasteiger partial charge in [0.1, 0.15) is 0 Å². The van der Waals surface area contributed by atoms with Crippen molar-refractivity contribution >= 4 is 38.4 Å². The molecule has 0 aromatic heterocycles. The fraction of sp³-hybridized carbons (Fsp3) is 1.00. The lowest BCUT2D eigenvalue weighted by Gasteiger charge is -2.14. The van der Waals surface area contributed by atoms with Gasteiger partial charge in [-0.1, -0.05) is 157 Å². The van der Waals surface area contributed by atoms with Crippen LogP contribution < -0.4 is 0 Å². The van der Waals surface area contributed by atoms with Crippen molar-refractivity contribution < 1.29 is 14.1 Å². The smallest absolute Gasteiger partial charge is 0.00869 e. The van der Waals surface area contributed by atoms with Crippen molar-refractivity contribution in [3.05, 3.63) is 0 Å². The Bertz CT molecular complexity index is 295. The highest BCUT2D eigenvalue weighted by Crippen LogP contribution is 2.06. The Labute approximate surface area is 261 Å². The lowest BCUT2D eigenvalue weighted by atomic mass is 10.2. The van der Waals surface area contributed by atoms with Crippen LogP contribution in [-0.4, -0.2) is 52.2 Å². The summed E-state index contributed by atoms with van der Waals surface area (Å²) in [7, 11) is 0. The van der Waals surface area contributed by atoms with Crippen molar-refractivity contribution in [3.63, 3.8) is 0 Å². The Morgan fingerprint density at radius 1 is 0.282 bits per heavy atom.